The van der Waals surface area contributed by atoms with E-state index in [0.29, 0.717) is 33.4 Å². The number of halogens is 5. The molecule has 11 heteroatoms. The molecule has 2 heterocycles. The fourth-order valence-electron chi connectivity index (χ4n) is 3.23. The molecule has 1 aliphatic heterocycles. The number of carbonyl (C=O) groups excluding carboxylic acids is 1. The van der Waals surface area contributed by atoms with Gasteiger partial charge in [-0.15, -0.1) is 0 Å². The average Bonchev–Trinajstić information content (AvgIpc) is 2.93. The predicted octanol–water partition coefficient (Wildman–Crippen LogP) is 2.59. The van der Waals surface area contributed by atoms with Gasteiger partial charge in [-0.3, -0.25) is 4.79 Å². The van der Waals surface area contributed by atoms with Gasteiger partial charge in [0.15, 0.2) is 0 Å². The number of aromatic nitrogens is 2. The van der Waals surface area contributed by atoms with E-state index in [1.54, 1.807) is 23.1 Å². The van der Waals surface area contributed by atoms with Crippen molar-refractivity contribution in [2.24, 2.45) is 5.73 Å². The minimum Gasteiger partial charge on any atom is -0.340 e. The summed E-state index contributed by atoms with van der Waals surface area (Å²) in [5.41, 5.74) is 6.85. The van der Waals surface area contributed by atoms with Crippen LogP contribution in [0.15, 0.2) is 18.2 Å². The summed E-state index contributed by atoms with van der Waals surface area (Å²) < 4.78 is 53.1. The van der Waals surface area contributed by atoms with Gasteiger partial charge in [-0.05, 0) is 24.6 Å². The van der Waals surface area contributed by atoms with Crippen LogP contribution in [0.2, 0.25) is 5.02 Å². The molecule has 0 aliphatic carbocycles. The number of anilines is 1. The average molecular weight is 422 g/mol. The Kier molecular flexibility index (Phi) is 5.72. The molecule has 0 radical (unpaired) electrons. The summed E-state index contributed by atoms with van der Waals surface area (Å²) in [5, 5.41) is 0.399. The Morgan fingerprint density at radius 2 is 2.14 bits per heavy atom. The summed E-state index contributed by atoms with van der Waals surface area (Å²) in [6.45, 7) is -1.19. The molecule has 0 spiro atoms. The van der Waals surface area contributed by atoms with Crippen LogP contribution in [0, 0.1) is 0 Å². The third-order valence-corrected chi connectivity index (χ3v) is 4.91. The first-order chi connectivity index (χ1) is 13.0. The molecule has 154 valence electrons. The molecule has 1 fully saturated rings. The Balaban J connectivity index is 1.95. The second kappa shape index (κ2) is 7.75. The summed E-state index contributed by atoms with van der Waals surface area (Å²) in [5.74, 6) is -0.379. The zero-order valence-electron chi connectivity index (χ0n) is 15.1. The van der Waals surface area contributed by atoms with Crippen molar-refractivity contribution in [3.63, 3.8) is 0 Å². The first kappa shape index (κ1) is 20.7. The van der Waals surface area contributed by atoms with Crippen molar-refractivity contribution >= 4 is 34.5 Å². The Morgan fingerprint density at radius 3 is 2.79 bits per heavy atom. The maximum Gasteiger partial charge on any atom is 0.406 e. The minimum absolute atomic E-state index is 0.185. The zero-order valence-corrected chi connectivity index (χ0v) is 15.8. The van der Waals surface area contributed by atoms with Crippen LogP contribution in [-0.4, -0.2) is 65.4 Å². The number of fused-ring (bicyclic) bond motifs is 1. The van der Waals surface area contributed by atoms with E-state index in [4.69, 9.17) is 17.3 Å². The van der Waals surface area contributed by atoms with Gasteiger partial charge >= 0.3 is 6.18 Å². The lowest BCUT2D eigenvalue weighted by atomic mass is 10.1. The highest BCUT2D eigenvalue weighted by atomic mass is 35.5. The van der Waals surface area contributed by atoms with Crippen LogP contribution in [-0.2, 0) is 11.3 Å². The van der Waals surface area contributed by atoms with Crippen LogP contribution >= 0.6 is 11.6 Å². The first-order valence-electron chi connectivity index (χ1n) is 8.66. The molecule has 1 aromatic heterocycles. The lowest BCUT2D eigenvalue weighted by Crippen LogP contribution is -2.50. The Hall–Kier alpha value is -2.07. The van der Waals surface area contributed by atoms with E-state index in [0.717, 1.165) is 7.05 Å². The van der Waals surface area contributed by atoms with Gasteiger partial charge in [-0.25, -0.2) is 9.37 Å². The van der Waals surface area contributed by atoms with Crippen molar-refractivity contribution in [2.75, 3.05) is 31.6 Å². The molecule has 2 N–H and O–H groups in total. The normalized spacial score (nSPS) is 20.6. The van der Waals surface area contributed by atoms with Crippen LogP contribution in [0.3, 0.4) is 0 Å². The van der Waals surface area contributed by atoms with E-state index in [9.17, 15) is 22.4 Å². The fraction of sp³-hybridized carbons (Fsp3) is 0.529. The standard InChI is InChI=1S/C17H20ClF4N5O/c1-25(9-17(20,21)22)15(28)8-27-14-6-10(18)2-3-13(14)24-16(27)26-5-4-11(19)12(23)7-26/h2-3,6,11-12H,4-5,7-9,23H2,1H3/t11-,12-/m1/s1. The third kappa shape index (κ3) is 4.49. The van der Waals surface area contributed by atoms with Gasteiger partial charge in [-0.1, -0.05) is 11.6 Å². The highest BCUT2D eigenvalue weighted by Gasteiger charge is 2.33. The second-order valence-corrected chi connectivity index (χ2v) is 7.35. The van der Waals surface area contributed by atoms with Crippen LogP contribution in [0.5, 0.6) is 0 Å². The van der Waals surface area contributed by atoms with Gasteiger partial charge in [0.05, 0.1) is 17.1 Å². The molecule has 0 bridgehead atoms. The highest BCUT2D eigenvalue weighted by molar-refractivity contribution is 6.31. The number of nitrogens with zero attached hydrogens (tertiary/aromatic N) is 4. The van der Waals surface area contributed by atoms with Crippen molar-refractivity contribution in [2.45, 2.75) is 31.4 Å². The number of piperidine rings is 1. The number of imidazole rings is 1. The first-order valence-corrected chi connectivity index (χ1v) is 9.04. The monoisotopic (exact) mass is 421 g/mol. The number of carbonyl (C=O) groups is 1. The van der Waals surface area contributed by atoms with Gasteiger partial charge < -0.3 is 20.1 Å². The number of amides is 1. The maximum atomic E-state index is 13.7. The molecule has 0 saturated carbocycles. The Labute approximate surface area is 163 Å². The molecular weight excluding hydrogens is 402 g/mol. The molecular formula is C17H20ClF4N5O. The topological polar surface area (TPSA) is 67.4 Å². The summed E-state index contributed by atoms with van der Waals surface area (Å²) in [4.78, 5) is 19.2. The number of rotatable bonds is 4. The number of hydrogen-bond donors (Lipinski definition) is 1. The molecule has 0 unspecified atom stereocenters. The van der Waals surface area contributed by atoms with Crippen LogP contribution in [0.1, 0.15) is 6.42 Å². The highest BCUT2D eigenvalue weighted by Crippen LogP contribution is 2.28. The molecule has 1 amide bonds. The largest absolute Gasteiger partial charge is 0.406 e. The molecule has 3 rings (SSSR count). The van der Waals surface area contributed by atoms with Crippen molar-refractivity contribution in [1.82, 2.24) is 14.5 Å². The van der Waals surface area contributed by atoms with E-state index in [1.807, 2.05) is 0 Å². The van der Waals surface area contributed by atoms with E-state index < -0.39 is 30.8 Å². The summed E-state index contributed by atoms with van der Waals surface area (Å²) in [6, 6.07) is 4.16. The van der Waals surface area contributed by atoms with Gasteiger partial charge in [0.25, 0.3) is 0 Å². The van der Waals surface area contributed by atoms with Crippen molar-refractivity contribution in [3.05, 3.63) is 23.2 Å². The van der Waals surface area contributed by atoms with E-state index in [2.05, 4.69) is 4.98 Å². The molecule has 2 aromatic rings. The van der Waals surface area contributed by atoms with E-state index >= 15 is 0 Å². The summed E-state index contributed by atoms with van der Waals surface area (Å²) in [6.07, 6.45) is -5.43. The molecule has 6 nitrogen and oxygen atoms in total. The van der Waals surface area contributed by atoms with Crippen LogP contribution in [0.25, 0.3) is 11.0 Å². The Morgan fingerprint density at radius 1 is 1.43 bits per heavy atom. The Bertz CT molecular complexity index is 871. The number of alkyl halides is 4. The quantitative estimate of drug-likeness (QED) is 0.771. The maximum absolute atomic E-state index is 13.7. The lowest BCUT2D eigenvalue weighted by Gasteiger charge is -2.34. The van der Waals surface area contributed by atoms with Gasteiger partial charge in [0.2, 0.25) is 11.9 Å². The minimum atomic E-state index is -4.50. The van der Waals surface area contributed by atoms with Gasteiger partial charge in [-0.2, -0.15) is 13.2 Å². The van der Waals surface area contributed by atoms with E-state index in [1.165, 1.54) is 4.57 Å². The van der Waals surface area contributed by atoms with Gasteiger partial charge in [0.1, 0.15) is 19.3 Å². The molecule has 1 saturated heterocycles. The molecule has 28 heavy (non-hydrogen) atoms. The fourth-order valence-corrected chi connectivity index (χ4v) is 3.39. The third-order valence-electron chi connectivity index (χ3n) is 4.68. The molecule has 2 atom stereocenters. The second-order valence-electron chi connectivity index (χ2n) is 6.91. The van der Waals surface area contributed by atoms with Crippen molar-refractivity contribution in [1.29, 1.82) is 0 Å². The number of likely N-dealkylation sites (N-methyl/N-ethyl adjacent to an activating group) is 1. The number of nitrogens with two attached hydrogens (primary N) is 1. The molecule has 1 aromatic carbocycles. The number of benzene rings is 1. The molecule has 1 aliphatic rings. The summed E-state index contributed by atoms with van der Waals surface area (Å²) >= 11 is 6.05. The van der Waals surface area contributed by atoms with Crippen LogP contribution < -0.4 is 10.6 Å². The van der Waals surface area contributed by atoms with Crippen molar-refractivity contribution < 1.29 is 22.4 Å². The van der Waals surface area contributed by atoms with Gasteiger partial charge in [0, 0.05) is 25.2 Å². The lowest BCUT2D eigenvalue weighted by molar-refractivity contribution is -0.158. The van der Waals surface area contributed by atoms with Crippen LogP contribution in [0.4, 0.5) is 23.5 Å². The predicted molar refractivity (Wildman–Crippen MR) is 98.1 cm³/mol. The SMILES string of the molecule is CN(CC(F)(F)F)C(=O)Cn1c(N2CC[C@@H](F)[C@H](N)C2)nc2ccc(Cl)cc21. The smallest absolute Gasteiger partial charge is 0.340 e. The number of hydrogen-bond acceptors (Lipinski definition) is 4. The van der Waals surface area contributed by atoms with Crippen molar-refractivity contribution in [3.8, 4) is 0 Å². The van der Waals surface area contributed by atoms with E-state index in [-0.39, 0.29) is 19.5 Å². The zero-order chi connectivity index (χ0) is 20.6. The summed E-state index contributed by atoms with van der Waals surface area (Å²) in [7, 11) is 1.09.